The van der Waals surface area contributed by atoms with Gasteiger partial charge in [0, 0.05) is 54.3 Å². The standard InChI is InChI=1S/C34H36F4N4O7S2/c1-34(2,3)49-33(43)41-11-10-24(20-7-9-25(35)26(36)12-20)22(16-41)18-48-30-14-28(38)31(15-27(30)37)51(44,45)42(32-39-19-40-50-32)17-21-6-8-23(46-4)13-29(21)47-5/h6-9,12-15,19,22,24H,10-11,16-18H2,1-5H3/t22-,24?/m0/s1. The highest BCUT2D eigenvalue weighted by Gasteiger charge is 2.36. The van der Waals surface area contributed by atoms with Crippen LogP contribution in [0.4, 0.5) is 27.5 Å². The average molecular weight is 753 g/mol. The maximum Gasteiger partial charge on any atom is 0.410 e. The minimum Gasteiger partial charge on any atom is -0.497 e. The summed E-state index contributed by atoms with van der Waals surface area (Å²) < 4.78 is 114. The van der Waals surface area contributed by atoms with Gasteiger partial charge in [0.25, 0.3) is 10.0 Å². The van der Waals surface area contributed by atoms with Gasteiger partial charge in [0.1, 0.15) is 34.1 Å². The van der Waals surface area contributed by atoms with Gasteiger partial charge in [-0.1, -0.05) is 6.07 Å². The Hall–Kier alpha value is -4.64. The maximum atomic E-state index is 15.8. The molecule has 17 heteroatoms. The summed E-state index contributed by atoms with van der Waals surface area (Å²) in [6.45, 7) is 4.75. The number of carbonyl (C=O) groups excluding carboxylic acids is 1. The molecule has 1 unspecified atom stereocenters. The molecule has 0 spiro atoms. The van der Waals surface area contributed by atoms with E-state index in [1.165, 1.54) is 25.2 Å². The Bertz CT molecular complexity index is 1980. The molecule has 4 aromatic rings. The van der Waals surface area contributed by atoms with Crippen LogP contribution in [0.1, 0.15) is 44.2 Å². The van der Waals surface area contributed by atoms with Crippen LogP contribution in [0.25, 0.3) is 0 Å². The number of amides is 1. The van der Waals surface area contributed by atoms with E-state index in [0.29, 0.717) is 35.4 Å². The lowest BCUT2D eigenvalue weighted by Gasteiger charge is -2.39. The molecule has 274 valence electrons. The van der Waals surface area contributed by atoms with E-state index in [4.69, 9.17) is 18.9 Å². The Labute approximate surface area is 296 Å². The van der Waals surface area contributed by atoms with Crippen LogP contribution in [-0.2, 0) is 21.3 Å². The largest absolute Gasteiger partial charge is 0.497 e. The molecule has 0 saturated carbocycles. The average Bonchev–Trinajstić information content (AvgIpc) is 3.62. The number of carbonyl (C=O) groups is 1. The van der Waals surface area contributed by atoms with Gasteiger partial charge in [-0.3, -0.25) is 0 Å². The number of halogens is 4. The molecule has 1 aromatic heterocycles. The number of anilines is 1. The smallest absolute Gasteiger partial charge is 0.410 e. The molecule has 5 rings (SSSR count). The number of hydrogen-bond acceptors (Lipinski definition) is 10. The molecule has 1 aliphatic rings. The number of ether oxygens (including phenoxy) is 4. The van der Waals surface area contributed by atoms with E-state index in [2.05, 4.69) is 9.36 Å². The molecule has 3 aromatic carbocycles. The van der Waals surface area contributed by atoms with Crippen molar-refractivity contribution in [2.75, 3.05) is 38.2 Å². The SMILES string of the molecule is COc1ccc(CN(c2ncns2)S(=O)(=O)c2cc(F)c(OC[C@@H]3CN(C(=O)OC(C)(C)C)CCC3c3ccc(F)c(F)c3)cc2F)c(OC)c1. The molecule has 0 radical (unpaired) electrons. The van der Waals surface area contributed by atoms with Crippen LogP contribution in [0.3, 0.4) is 0 Å². The van der Waals surface area contributed by atoms with Gasteiger partial charge in [-0.25, -0.2) is 40.1 Å². The summed E-state index contributed by atoms with van der Waals surface area (Å²) in [6, 6.07) is 9.31. The number of piperidine rings is 1. The molecule has 2 heterocycles. The number of benzene rings is 3. The van der Waals surface area contributed by atoms with Crippen molar-refractivity contribution in [1.29, 1.82) is 0 Å². The van der Waals surface area contributed by atoms with Gasteiger partial charge in [0.05, 0.1) is 27.4 Å². The Balaban J connectivity index is 1.42. The summed E-state index contributed by atoms with van der Waals surface area (Å²) in [7, 11) is -1.95. The molecule has 51 heavy (non-hydrogen) atoms. The van der Waals surface area contributed by atoms with Gasteiger partial charge < -0.3 is 23.8 Å². The maximum absolute atomic E-state index is 15.8. The third-order valence-corrected chi connectivity index (χ3v) is 10.7. The zero-order chi connectivity index (χ0) is 37.1. The summed E-state index contributed by atoms with van der Waals surface area (Å²) >= 11 is 0.733. The van der Waals surface area contributed by atoms with Gasteiger partial charge in [-0.05, 0) is 62.9 Å². The number of likely N-dealkylation sites (tertiary alicyclic amines) is 1. The van der Waals surface area contributed by atoms with Crippen LogP contribution in [0.2, 0.25) is 0 Å². The first-order valence-electron chi connectivity index (χ1n) is 15.7. The summed E-state index contributed by atoms with van der Waals surface area (Å²) in [5.41, 5.74) is 0.0286. The molecule has 1 fully saturated rings. The Kier molecular flexibility index (Phi) is 11.3. The molecule has 11 nitrogen and oxygen atoms in total. The number of methoxy groups -OCH3 is 2. The van der Waals surface area contributed by atoms with Gasteiger partial charge in [0.15, 0.2) is 23.2 Å². The lowest BCUT2D eigenvalue weighted by atomic mass is 9.81. The number of aromatic nitrogens is 2. The van der Waals surface area contributed by atoms with Crippen molar-refractivity contribution in [3.63, 3.8) is 0 Å². The molecule has 1 saturated heterocycles. The minimum absolute atomic E-state index is 0.0424. The summed E-state index contributed by atoms with van der Waals surface area (Å²) in [4.78, 5) is 17.3. The van der Waals surface area contributed by atoms with Gasteiger partial charge in [0.2, 0.25) is 5.13 Å². The quantitative estimate of drug-likeness (QED) is 0.150. The molecule has 0 N–H and O–H groups in total. The first-order chi connectivity index (χ1) is 24.1. The lowest BCUT2D eigenvalue weighted by molar-refractivity contribution is 0.0109. The minimum atomic E-state index is -4.79. The number of sulfonamides is 1. The summed E-state index contributed by atoms with van der Waals surface area (Å²) in [5.74, 6) is -5.49. The molecule has 1 aliphatic heterocycles. The van der Waals surface area contributed by atoms with Gasteiger partial charge in [-0.15, -0.1) is 0 Å². The van der Waals surface area contributed by atoms with Crippen LogP contribution in [0, 0.1) is 29.2 Å². The summed E-state index contributed by atoms with van der Waals surface area (Å²) in [5, 5.41) is -0.108. The van der Waals surface area contributed by atoms with Gasteiger partial charge in [-0.2, -0.15) is 4.37 Å². The van der Waals surface area contributed by atoms with Crippen molar-refractivity contribution in [2.45, 2.75) is 50.2 Å². The zero-order valence-corrected chi connectivity index (χ0v) is 30.0. The van der Waals surface area contributed by atoms with E-state index in [1.807, 2.05) is 0 Å². The van der Waals surface area contributed by atoms with Crippen molar-refractivity contribution in [3.05, 3.63) is 89.3 Å². The van der Waals surface area contributed by atoms with Crippen LogP contribution in [0.5, 0.6) is 17.2 Å². The molecule has 1 amide bonds. The molecule has 0 aliphatic carbocycles. The monoisotopic (exact) mass is 752 g/mol. The van der Waals surface area contributed by atoms with Crippen LogP contribution >= 0.6 is 11.5 Å². The third kappa shape index (κ3) is 8.64. The van der Waals surface area contributed by atoms with E-state index >= 15 is 8.78 Å². The van der Waals surface area contributed by atoms with Crippen LogP contribution in [0.15, 0.2) is 59.8 Å². The van der Waals surface area contributed by atoms with E-state index in [0.717, 1.165) is 34.3 Å². The zero-order valence-electron chi connectivity index (χ0n) is 28.4. The summed E-state index contributed by atoms with van der Waals surface area (Å²) in [6.07, 6.45) is 0.840. The third-order valence-electron chi connectivity index (χ3n) is 8.14. The van der Waals surface area contributed by atoms with E-state index < -0.39 is 67.5 Å². The molecule has 0 bridgehead atoms. The second-order valence-corrected chi connectivity index (χ2v) is 15.3. The Morgan fingerprint density at radius 3 is 2.37 bits per heavy atom. The van der Waals surface area contributed by atoms with Crippen molar-refractivity contribution in [2.24, 2.45) is 5.92 Å². The van der Waals surface area contributed by atoms with Crippen molar-refractivity contribution in [1.82, 2.24) is 14.3 Å². The Morgan fingerprint density at radius 2 is 1.73 bits per heavy atom. The number of hydrogen-bond donors (Lipinski definition) is 0. The fourth-order valence-corrected chi connectivity index (χ4v) is 7.87. The first-order valence-corrected chi connectivity index (χ1v) is 17.9. The normalized spacial score (nSPS) is 16.5. The predicted molar refractivity (Wildman–Crippen MR) is 180 cm³/mol. The second-order valence-electron chi connectivity index (χ2n) is 12.7. The predicted octanol–water partition coefficient (Wildman–Crippen LogP) is 6.93. The highest BCUT2D eigenvalue weighted by atomic mass is 32.2. The van der Waals surface area contributed by atoms with E-state index in [9.17, 15) is 22.0 Å². The first kappa shape index (κ1) is 37.6. The van der Waals surface area contributed by atoms with Crippen molar-refractivity contribution < 1.29 is 49.7 Å². The second kappa shape index (κ2) is 15.3. The highest BCUT2D eigenvalue weighted by molar-refractivity contribution is 7.93. The number of nitrogens with zero attached hydrogens (tertiary/aromatic N) is 4. The van der Waals surface area contributed by atoms with Gasteiger partial charge >= 0.3 is 6.09 Å². The van der Waals surface area contributed by atoms with Crippen LogP contribution < -0.4 is 18.5 Å². The van der Waals surface area contributed by atoms with E-state index in [-0.39, 0.29) is 37.1 Å². The topological polar surface area (TPSA) is 120 Å². The molecular formula is C34H36F4N4O7S2. The molecule has 2 atom stereocenters. The van der Waals surface area contributed by atoms with Crippen molar-refractivity contribution in [3.8, 4) is 17.2 Å². The molecular weight excluding hydrogens is 717 g/mol. The highest BCUT2D eigenvalue weighted by Crippen LogP contribution is 2.37. The number of rotatable bonds is 11. The van der Waals surface area contributed by atoms with Crippen LogP contribution in [-0.4, -0.2) is 68.3 Å². The lowest BCUT2D eigenvalue weighted by Crippen LogP contribution is -2.46. The fourth-order valence-electron chi connectivity index (χ4n) is 5.68. The van der Waals surface area contributed by atoms with Crippen molar-refractivity contribution >= 4 is 32.8 Å². The fraction of sp³-hybridized carbons (Fsp3) is 0.382. The van der Waals surface area contributed by atoms with E-state index in [1.54, 1.807) is 39.0 Å². The Morgan fingerprint density at radius 1 is 0.961 bits per heavy atom.